The minimum atomic E-state index is -0.173. The molecule has 3 N–H and O–H groups in total. The van der Waals surface area contributed by atoms with Crippen LogP contribution in [0.5, 0.6) is 0 Å². The van der Waals surface area contributed by atoms with Gasteiger partial charge >= 0.3 is 0 Å². The highest BCUT2D eigenvalue weighted by atomic mass is 16.2. The van der Waals surface area contributed by atoms with Crippen LogP contribution in [0.3, 0.4) is 0 Å². The maximum Gasteiger partial charge on any atom is 0.255 e. The number of nitrogens with one attached hydrogen (secondary N) is 3. The minimum absolute atomic E-state index is 0.0675. The van der Waals surface area contributed by atoms with E-state index in [9.17, 15) is 9.59 Å². The summed E-state index contributed by atoms with van der Waals surface area (Å²) in [4.78, 5) is 24.4. The van der Waals surface area contributed by atoms with E-state index in [-0.39, 0.29) is 11.8 Å². The Bertz CT molecular complexity index is 740. The average Bonchev–Trinajstić information content (AvgIpc) is 2.68. The maximum atomic E-state index is 12.2. The van der Waals surface area contributed by atoms with E-state index in [0.717, 1.165) is 12.8 Å². The van der Waals surface area contributed by atoms with Crippen LogP contribution in [-0.2, 0) is 4.79 Å². The van der Waals surface area contributed by atoms with Crippen molar-refractivity contribution >= 4 is 23.2 Å². The first-order valence-electron chi connectivity index (χ1n) is 9.20. The number of benzene rings is 2. The molecule has 136 valence electrons. The van der Waals surface area contributed by atoms with Gasteiger partial charge in [0, 0.05) is 23.0 Å². The van der Waals surface area contributed by atoms with Gasteiger partial charge in [0.05, 0.1) is 6.54 Å². The van der Waals surface area contributed by atoms with E-state index in [1.165, 1.54) is 19.3 Å². The molecular formula is C21H25N3O2. The van der Waals surface area contributed by atoms with E-state index in [0.29, 0.717) is 29.5 Å². The second-order valence-corrected chi connectivity index (χ2v) is 6.66. The zero-order chi connectivity index (χ0) is 18.2. The fourth-order valence-electron chi connectivity index (χ4n) is 3.22. The Balaban J connectivity index is 1.51. The third kappa shape index (κ3) is 5.43. The molecule has 1 saturated carbocycles. The summed E-state index contributed by atoms with van der Waals surface area (Å²) in [5, 5.41) is 9.06. The molecule has 0 bridgehead atoms. The fourth-order valence-corrected chi connectivity index (χ4v) is 3.22. The number of anilines is 2. The average molecular weight is 351 g/mol. The van der Waals surface area contributed by atoms with Crippen LogP contribution in [0.15, 0.2) is 54.6 Å². The number of hydrogen-bond acceptors (Lipinski definition) is 3. The van der Waals surface area contributed by atoms with Crippen molar-refractivity contribution in [1.82, 2.24) is 5.32 Å². The van der Waals surface area contributed by atoms with E-state index < -0.39 is 0 Å². The standard InChI is InChI=1S/C21H25N3O2/c25-20(15-22-17-10-5-2-6-11-17)23-18-12-7-13-19(14-18)24-21(26)16-8-3-1-4-9-16/h1,3-4,7-9,12-14,17,22H,2,5-6,10-11,15H2,(H,23,25)(H,24,26). The van der Waals surface area contributed by atoms with E-state index in [4.69, 9.17) is 0 Å². The van der Waals surface area contributed by atoms with Crippen molar-refractivity contribution in [3.63, 3.8) is 0 Å². The van der Waals surface area contributed by atoms with Gasteiger partial charge in [0.1, 0.15) is 0 Å². The van der Waals surface area contributed by atoms with Crippen molar-refractivity contribution in [3.8, 4) is 0 Å². The van der Waals surface area contributed by atoms with Crippen LogP contribution in [-0.4, -0.2) is 24.4 Å². The summed E-state index contributed by atoms with van der Waals surface area (Å²) in [6.07, 6.45) is 6.07. The molecule has 26 heavy (non-hydrogen) atoms. The van der Waals surface area contributed by atoms with Crippen molar-refractivity contribution in [1.29, 1.82) is 0 Å². The Morgan fingerprint density at radius 3 is 2.27 bits per heavy atom. The van der Waals surface area contributed by atoms with E-state index in [1.54, 1.807) is 24.3 Å². The Hall–Kier alpha value is -2.66. The molecule has 0 spiro atoms. The van der Waals surface area contributed by atoms with E-state index in [2.05, 4.69) is 16.0 Å². The molecule has 3 rings (SSSR count). The Morgan fingerprint density at radius 1 is 0.846 bits per heavy atom. The number of amides is 2. The highest BCUT2D eigenvalue weighted by molar-refractivity contribution is 6.04. The van der Waals surface area contributed by atoms with Crippen LogP contribution in [0.25, 0.3) is 0 Å². The lowest BCUT2D eigenvalue weighted by atomic mass is 9.95. The molecule has 1 aliphatic rings. The molecule has 0 aliphatic heterocycles. The fraction of sp³-hybridized carbons (Fsp3) is 0.333. The predicted molar refractivity (Wildman–Crippen MR) is 104 cm³/mol. The molecular weight excluding hydrogens is 326 g/mol. The molecule has 1 aliphatic carbocycles. The normalized spacial score (nSPS) is 14.6. The number of hydrogen-bond donors (Lipinski definition) is 3. The number of rotatable bonds is 6. The smallest absolute Gasteiger partial charge is 0.255 e. The minimum Gasteiger partial charge on any atom is -0.325 e. The lowest BCUT2D eigenvalue weighted by Gasteiger charge is -2.22. The molecule has 0 radical (unpaired) electrons. The van der Waals surface area contributed by atoms with Crippen LogP contribution in [0.1, 0.15) is 42.5 Å². The Kier molecular flexibility index (Phi) is 6.39. The summed E-state index contributed by atoms with van der Waals surface area (Å²) in [6.45, 7) is 0.311. The SMILES string of the molecule is O=C(CNC1CCCCC1)Nc1cccc(NC(=O)c2ccccc2)c1. The molecule has 2 aromatic rings. The zero-order valence-electron chi connectivity index (χ0n) is 14.8. The monoisotopic (exact) mass is 351 g/mol. The van der Waals surface area contributed by atoms with Gasteiger partial charge in [-0.2, -0.15) is 0 Å². The molecule has 0 saturated heterocycles. The molecule has 1 fully saturated rings. The van der Waals surface area contributed by atoms with E-state index in [1.807, 2.05) is 30.3 Å². The topological polar surface area (TPSA) is 70.2 Å². The van der Waals surface area contributed by atoms with Crippen LogP contribution in [0.2, 0.25) is 0 Å². The third-order valence-electron chi connectivity index (χ3n) is 4.60. The van der Waals surface area contributed by atoms with Crippen molar-refractivity contribution in [2.45, 2.75) is 38.1 Å². The molecule has 0 atom stereocenters. The summed E-state index contributed by atoms with van der Waals surface area (Å²) in [5.74, 6) is -0.241. The van der Waals surface area contributed by atoms with Gasteiger partial charge in [0.25, 0.3) is 5.91 Å². The zero-order valence-corrected chi connectivity index (χ0v) is 14.8. The second kappa shape index (κ2) is 9.15. The predicted octanol–water partition coefficient (Wildman–Crippen LogP) is 3.80. The Morgan fingerprint density at radius 2 is 1.54 bits per heavy atom. The molecule has 0 heterocycles. The summed E-state index contributed by atoms with van der Waals surface area (Å²) < 4.78 is 0. The molecule has 0 unspecified atom stereocenters. The molecule has 5 heteroatoms. The highest BCUT2D eigenvalue weighted by Gasteiger charge is 2.14. The Labute approximate surface area is 154 Å². The molecule has 2 aromatic carbocycles. The van der Waals surface area contributed by atoms with Crippen LogP contribution in [0, 0.1) is 0 Å². The largest absolute Gasteiger partial charge is 0.325 e. The van der Waals surface area contributed by atoms with Gasteiger partial charge in [0.2, 0.25) is 5.91 Å². The molecule has 5 nitrogen and oxygen atoms in total. The summed E-state index contributed by atoms with van der Waals surface area (Å²) in [5.41, 5.74) is 1.92. The summed E-state index contributed by atoms with van der Waals surface area (Å²) >= 11 is 0. The summed E-state index contributed by atoms with van der Waals surface area (Å²) in [6, 6.07) is 16.7. The third-order valence-corrected chi connectivity index (χ3v) is 4.60. The van der Waals surface area contributed by atoms with Gasteiger partial charge in [0.15, 0.2) is 0 Å². The molecule has 2 amide bonds. The van der Waals surface area contributed by atoms with Gasteiger partial charge in [-0.1, -0.05) is 43.5 Å². The van der Waals surface area contributed by atoms with Crippen LogP contribution in [0.4, 0.5) is 11.4 Å². The summed E-state index contributed by atoms with van der Waals surface area (Å²) in [7, 11) is 0. The highest BCUT2D eigenvalue weighted by Crippen LogP contribution is 2.18. The van der Waals surface area contributed by atoms with Gasteiger partial charge in [-0.25, -0.2) is 0 Å². The molecule has 0 aromatic heterocycles. The van der Waals surface area contributed by atoms with Crippen molar-refractivity contribution in [2.75, 3.05) is 17.2 Å². The van der Waals surface area contributed by atoms with Crippen molar-refractivity contribution in [2.24, 2.45) is 0 Å². The van der Waals surface area contributed by atoms with Crippen LogP contribution >= 0.6 is 0 Å². The van der Waals surface area contributed by atoms with E-state index >= 15 is 0 Å². The quantitative estimate of drug-likeness (QED) is 0.741. The van der Waals surface area contributed by atoms with Gasteiger partial charge in [-0.15, -0.1) is 0 Å². The lowest BCUT2D eigenvalue weighted by Crippen LogP contribution is -2.37. The lowest BCUT2D eigenvalue weighted by molar-refractivity contribution is -0.115. The van der Waals surface area contributed by atoms with Crippen molar-refractivity contribution < 1.29 is 9.59 Å². The van der Waals surface area contributed by atoms with Crippen molar-refractivity contribution in [3.05, 3.63) is 60.2 Å². The van der Waals surface area contributed by atoms with Gasteiger partial charge in [-0.3, -0.25) is 9.59 Å². The number of carbonyl (C=O) groups excluding carboxylic acids is 2. The van der Waals surface area contributed by atoms with Gasteiger partial charge < -0.3 is 16.0 Å². The second-order valence-electron chi connectivity index (χ2n) is 6.66. The first-order chi connectivity index (χ1) is 12.7. The van der Waals surface area contributed by atoms with Gasteiger partial charge in [-0.05, 0) is 43.2 Å². The maximum absolute atomic E-state index is 12.2. The van der Waals surface area contributed by atoms with Crippen LogP contribution < -0.4 is 16.0 Å². The first kappa shape index (κ1) is 18.1. The first-order valence-corrected chi connectivity index (χ1v) is 9.20. The number of carbonyl (C=O) groups is 2.